The number of nitrogens with one attached hydrogen (secondary N) is 1. The number of ether oxygens (including phenoxy) is 2. The van der Waals surface area contributed by atoms with Gasteiger partial charge in [0.15, 0.2) is 0 Å². The molecule has 1 saturated carbocycles. The van der Waals surface area contributed by atoms with E-state index >= 15 is 0 Å². The summed E-state index contributed by atoms with van der Waals surface area (Å²) in [6.07, 6.45) is 6.43. The molecule has 8 nitrogen and oxygen atoms in total. The summed E-state index contributed by atoms with van der Waals surface area (Å²) in [6.45, 7) is 1.43. The number of carbonyl (C=O) groups excluding carboxylic acids is 2. The van der Waals surface area contributed by atoms with E-state index in [0.717, 1.165) is 24.8 Å². The molecule has 1 aliphatic heterocycles. The maximum Gasteiger partial charge on any atom is 0.259 e. The molecule has 1 saturated heterocycles. The van der Waals surface area contributed by atoms with Gasteiger partial charge in [-0.2, -0.15) is 4.98 Å². The van der Waals surface area contributed by atoms with Crippen molar-refractivity contribution in [2.24, 2.45) is 11.3 Å². The van der Waals surface area contributed by atoms with Crippen LogP contribution in [0.1, 0.15) is 35.2 Å². The molecule has 2 amide bonds. The van der Waals surface area contributed by atoms with E-state index in [0.29, 0.717) is 31.1 Å². The molecule has 4 rings (SSSR count). The molecule has 2 fully saturated rings. The van der Waals surface area contributed by atoms with E-state index in [1.165, 1.54) is 14.2 Å². The monoisotopic (exact) mass is 410 g/mol. The highest BCUT2D eigenvalue weighted by Gasteiger charge is 2.54. The maximum absolute atomic E-state index is 13.2. The van der Waals surface area contributed by atoms with E-state index < -0.39 is 0 Å². The number of rotatable bonds is 6. The number of amides is 2. The lowest BCUT2D eigenvalue weighted by Crippen LogP contribution is -2.45. The Balaban J connectivity index is 1.49. The fraction of sp³-hybridized carbons (Fsp3) is 0.455. The van der Waals surface area contributed by atoms with Crippen molar-refractivity contribution in [1.82, 2.24) is 20.2 Å². The molecular formula is C22H26N4O4. The van der Waals surface area contributed by atoms with Gasteiger partial charge in [-0.3, -0.25) is 14.6 Å². The van der Waals surface area contributed by atoms with E-state index in [4.69, 9.17) is 9.47 Å². The van der Waals surface area contributed by atoms with Crippen LogP contribution in [0.3, 0.4) is 0 Å². The van der Waals surface area contributed by atoms with Crippen molar-refractivity contribution in [3.63, 3.8) is 0 Å². The summed E-state index contributed by atoms with van der Waals surface area (Å²) in [5.74, 6) is 0.231. The summed E-state index contributed by atoms with van der Waals surface area (Å²) < 4.78 is 10.4. The Labute approximate surface area is 175 Å². The van der Waals surface area contributed by atoms with Gasteiger partial charge in [0.1, 0.15) is 5.56 Å². The Kier molecular flexibility index (Phi) is 5.57. The van der Waals surface area contributed by atoms with Gasteiger partial charge in [0, 0.05) is 43.5 Å². The van der Waals surface area contributed by atoms with Crippen LogP contribution in [0.5, 0.6) is 11.8 Å². The summed E-state index contributed by atoms with van der Waals surface area (Å²) in [4.78, 5) is 36.2. The molecule has 1 unspecified atom stereocenters. The molecule has 30 heavy (non-hydrogen) atoms. The van der Waals surface area contributed by atoms with Crippen molar-refractivity contribution < 1.29 is 19.1 Å². The third-order valence-corrected chi connectivity index (χ3v) is 6.28. The Bertz CT molecular complexity index is 930. The molecule has 1 N–H and O–H groups in total. The Morgan fingerprint density at radius 3 is 2.57 bits per heavy atom. The van der Waals surface area contributed by atoms with Gasteiger partial charge < -0.3 is 19.7 Å². The molecule has 0 bridgehead atoms. The zero-order valence-electron chi connectivity index (χ0n) is 17.3. The van der Waals surface area contributed by atoms with Crippen LogP contribution >= 0.6 is 0 Å². The van der Waals surface area contributed by atoms with Crippen molar-refractivity contribution in [2.45, 2.75) is 25.8 Å². The predicted molar refractivity (Wildman–Crippen MR) is 109 cm³/mol. The van der Waals surface area contributed by atoms with Crippen molar-refractivity contribution in [1.29, 1.82) is 0 Å². The lowest BCUT2D eigenvalue weighted by molar-refractivity contribution is -0.129. The van der Waals surface area contributed by atoms with Crippen molar-refractivity contribution in [3.05, 3.63) is 47.8 Å². The minimum Gasteiger partial charge on any atom is -0.481 e. The van der Waals surface area contributed by atoms with E-state index in [2.05, 4.69) is 15.3 Å². The zero-order chi connectivity index (χ0) is 21.1. The highest BCUT2D eigenvalue weighted by Crippen LogP contribution is 2.52. The normalized spacial score (nSPS) is 19.3. The molecule has 158 valence electrons. The second-order valence-electron chi connectivity index (χ2n) is 7.94. The first-order chi connectivity index (χ1) is 14.6. The molecule has 0 radical (unpaired) electrons. The highest BCUT2D eigenvalue weighted by molar-refractivity contribution is 5.97. The number of aromatic nitrogens is 2. The molecule has 2 aliphatic rings. The third kappa shape index (κ3) is 3.69. The van der Waals surface area contributed by atoms with Crippen LogP contribution in [0.15, 0.2) is 36.7 Å². The topological polar surface area (TPSA) is 93.7 Å². The van der Waals surface area contributed by atoms with Crippen LogP contribution in [0, 0.1) is 11.3 Å². The van der Waals surface area contributed by atoms with Gasteiger partial charge in [-0.1, -0.05) is 6.42 Å². The number of hydrogen-bond donors (Lipinski definition) is 1. The predicted octanol–water partition coefficient (Wildman–Crippen LogP) is 2.05. The molecule has 8 heteroatoms. The smallest absolute Gasteiger partial charge is 0.259 e. The van der Waals surface area contributed by atoms with Crippen LogP contribution in [0.2, 0.25) is 0 Å². The summed E-state index contributed by atoms with van der Waals surface area (Å²) >= 11 is 0. The first kappa shape index (κ1) is 20.1. The Hall–Kier alpha value is -3.16. The largest absolute Gasteiger partial charge is 0.481 e. The SMILES string of the molecule is COc1ccc(C(=O)N2CC(C(=O)NCc3ccncc3)C3(CCC3)C2)c(OC)n1. The van der Waals surface area contributed by atoms with E-state index in [-0.39, 0.29) is 29.0 Å². The van der Waals surface area contributed by atoms with Crippen molar-refractivity contribution >= 4 is 11.8 Å². The Morgan fingerprint density at radius 1 is 1.17 bits per heavy atom. The lowest BCUT2D eigenvalue weighted by Gasteiger charge is -2.41. The molecule has 2 aromatic heterocycles. The van der Waals surface area contributed by atoms with Gasteiger partial charge >= 0.3 is 0 Å². The molecule has 1 aliphatic carbocycles. The molecular weight excluding hydrogens is 384 g/mol. The van der Waals surface area contributed by atoms with Crippen LogP contribution in [-0.4, -0.2) is 54.0 Å². The summed E-state index contributed by atoms with van der Waals surface area (Å²) in [5.41, 5.74) is 1.25. The number of likely N-dealkylation sites (tertiary alicyclic amines) is 1. The van der Waals surface area contributed by atoms with E-state index in [1.54, 1.807) is 29.4 Å². The standard InChI is InChI=1S/C22H26N4O4/c1-29-18-5-4-16(20(25-18)30-2)21(28)26-13-17(22(14-26)8-3-9-22)19(27)24-12-15-6-10-23-11-7-15/h4-7,10-11,17H,3,8-9,12-14H2,1-2H3,(H,24,27). The molecule has 2 aromatic rings. The van der Waals surface area contributed by atoms with E-state index in [1.807, 2.05) is 12.1 Å². The van der Waals surface area contributed by atoms with Crippen molar-refractivity contribution in [3.8, 4) is 11.8 Å². The minimum atomic E-state index is -0.214. The number of carbonyl (C=O) groups is 2. The summed E-state index contributed by atoms with van der Waals surface area (Å²) in [6, 6.07) is 7.07. The molecule has 0 aromatic carbocycles. The quantitative estimate of drug-likeness (QED) is 0.783. The first-order valence-corrected chi connectivity index (χ1v) is 10.1. The fourth-order valence-electron chi connectivity index (χ4n) is 4.46. The zero-order valence-corrected chi connectivity index (χ0v) is 17.3. The van der Waals surface area contributed by atoms with Crippen LogP contribution in [-0.2, 0) is 11.3 Å². The molecule has 3 heterocycles. The average Bonchev–Trinajstić information content (AvgIpc) is 3.19. The van der Waals surface area contributed by atoms with Crippen LogP contribution < -0.4 is 14.8 Å². The second kappa shape index (κ2) is 8.30. The third-order valence-electron chi connectivity index (χ3n) is 6.28. The second-order valence-corrected chi connectivity index (χ2v) is 7.94. The molecule has 1 spiro atoms. The fourth-order valence-corrected chi connectivity index (χ4v) is 4.46. The highest BCUT2D eigenvalue weighted by atomic mass is 16.5. The average molecular weight is 410 g/mol. The summed E-state index contributed by atoms with van der Waals surface area (Å²) in [7, 11) is 2.99. The van der Waals surface area contributed by atoms with Gasteiger partial charge in [0.2, 0.25) is 17.7 Å². The Morgan fingerprint density at radius 2 is 1.93 bits per heavy atom. The van der Waals surface area contributed by atoms with Gasteiger partial charge in [-0.15, -0.1) is 0 Å². The minimum absolute atomic E-state index is 0.00151. The number of nitrogens with zero attached hydrogens (tertiary/aromatic N) is 3. The van der Waals surface area contributed by atoms with Gasteiger partial charge in [-0.25, -0.2) is 0 Å². The van der Waals surface area contributed by atoms with Gasteiger partial charge in [0.05, 0.1) is 20.1 Å². The molecule has 1 atom stereocenters. The summed E-state index contributed by atoms with van der Waals surface area (Å²) in [5, 5.41) is 3.04. The maximum atomic E-state index is 13.2. The number of methoxy groups -OCH3 is 2. The van der Waals surface area contributed by atoms with Crippen LogP contribution in [0.25, 0.3) is 0 Å². The van der Waals surface area contributed by atoms with Crippen molar-refractivity contribution in [2.75, 3.05) is 27.3 Å². The van der Waals surface area contributed by atoms with Crippen LogP contribution in [0.4, 0.5) is 0 Å². The van der Waals surface area contributed by atoms with Gasteiger partial charge in [-0.05, 0) is 36.6 Å². The number of pyridine rings is 2. The van der Waals surface area contributed by atoms with E-state index in [9.17, 15) is 9.59 Å². The first-order valence-electron chi connectivity index (χ1n) is 10.1. The van der Waals surface area contributed by atoms with Gasteiger partial charge in [0.25, 0.3) is 5.91 Å². The lowest BCUT2D eigenvalue weighted by atomic mass is 9.62. The number of hydrogen-bond acceptors (Lipinski definition) is 6.